The number of rotatable bonds is 6. The minimum Gasteiger partial charge on any atom is -0.366 e. The summed E-state index contributed by atoms with van der Waals surface area (Å²) < 4.78 is 28.7. The molecular weight excluding hydrogens is 386 g/mol. The number of benzene rings is 2. The molecule has 7 heteroatoms. The SMILES string of the molecule is Cc1cc(S(=O)(=O)NC(C)C2CCN(C)CC2)ccc1-c1ccccc1C(N)=O. The molecule has 0 spiro atoms. The summed E-state index contributed by atoms with van der Waals surface area (Å²) in [7, 11) is -1.54. The zero-order valence-electron chi connectivity index (χ0n) is 17.2. The summed E-state index contributed by atoms with van der Waals surface area (Å²) in [5, 5.41) is 0. The van der Waals surface area contributed by atoms with Crippen molar-refractivity contribution in [1.29, 1.82) is 0 Å². The van der Waals surface area contributed by atoms with Crippen molar-refractivity contribution in [3.8, 4) is 11.1 Å². The molecule has 1 saturated heterocycles. The molecule has 29 heavy (non-hydrogen) atoms. The highest BCUT2D eigenvalue weighted by molar-refractivity contribution is 7.89. The Morgan fingerprint density at radius 1 is 1.14 bits per heavy atom. The maximum absolute atomic E-state index is 12.9. The molecule has 1 heterocycles. The first-order valence-corrected chi connectivity index (χ1v) is 11.4. The average Bonchev–Trinajstić information content (AvgIpc) is 2.68. The van der Waals surface area contributed by atoms with Crippen LogP contribution < -0.4 is 10.5 Å². The van der Waals surface area contributed by atoms with Gasteiger partial charge in [-0.15, -0.1) is 0 Å². The lowest BCUT2D eigenvalue weighted by Crippen LogP contribution is -2.42. The Labute approximate surface area is 173 Å². The monoisotopic (exact) mass is 415 g/mol. The number of nitrogens with one attached hydrogen (secondary N) is 1. The quantitative estimate of drug-likeness (QED) is 0.759. The van der Waals surface area contributed by atoms with Gasteiger partial charge in [-0.05, 0) is 87.6 Å². The van der Waals surface area contributed by atoms with Crippen molar-refractivity contribution in [3.05, 3.63) is 53.6 Å². The molecule has 0 aliphatic carbocycles. The van der Waals surface area contributed by atoms with E-state index in [4.69, 9.17) is 5.73 Å². The highest BCUT2D eigenvalue weighted by Gasteiger charge is 2.27. The van der Waals surface area contributed by atoms with Gasteiger partial charge in [-0.25, -0.2) is 13.1 Å². The van der Waals surface area contributed by atoms with Crippen LogP contribution in [0.5, 0.6) is 0 Å². The van der Waals surface area contributed by atoms with Gasteiger partial charge in [0.25, 0.3) is 0 Å². The van der Waals surface area contributed by atoms with Crippen molar-refractivity contribution >= 4 is 15.9 Å². The number of amides is 1. The highest BCUT2D eigenvalue weighted by Crippen LogP contribution is 2.29. The molecule has 0 radical (unpaired) electrons. The molecule has 0 aromatic heterocycles. The molecule has 3 rings (SSSR count). The number of hydrogen-bond acceptors (Lipinski definition) is 4. The van der Waals surface area contributed by atoms with Crippen molar-refractivity contribution in [1.82, 2.24) is 9.62 Å². The molecule has 2 aromatic carbocycles. The van der Waals surface area contributed by atoms with Crippen molar-refractivity contribution in [2.24, 2.45) is 11.7 Å². The van der Waals surface area contributed by atoms with Crippen LogP contribution in [0.15, 0.2) is 47.4 Å². The van der Waals surface area contributed by atoms with Gasteiger partial charge in [-0.3, -0.25) is 4.79 Å². The summed E-state index contributed by atoms with van der Waals surface area (Å²) in [6, 6.07) is 11.9. The van der Waals surface area contributed by atoms with Gasteiger partial charge in [-0.1, -0.05) is 24.3 Å². The summed E-state index contributed by atoms with van der Waals surface area (Å²) in [5.74, 6) is -0.172. The van der Waals surface area contributed by atoms with E-state index in [1.807, 2.05) is 26.0 Å². The minimum atomic E-state index is -3.63. The smallest absolute Gasteiger partial charge is 0.249 e. The number of primary amides is 1. The van der Waals surface area contributed by atoms with Crippen LogP contribution in [-0.4, -0.2) is 45.4 Å². The summed E-state index contributed by atoms with van der Waals surface area (Å²) in [6.45, 7) is 5.76. The Morgan fingerprint density at radius 2 is 1.79 bits per heavy atom. The molecule has 1 aliphatic heterocycles. The lowest BCUT2D eigenvalue weighted by Gasteiger charge is -2.32. The van der Waals surface area contributed by atoms with E-state index in [2.05, 4.69) is 16.7 Å². The number of nitrogens with two attached hydrogens (primary N) is 1. The Morgan fingerprint density at radius 3 is 2.41 bits per heavy atom. The first-order valence-electron chi connectivity index (χ1n) is 9.90. The topological polar surface area (TPSA) is 92.5 Å². The Kier molecular flexibility index (Phi) is 6.41. The summed E-state index contributed by atoms with van der Waals surface area (Å²) in [4.78, 5) is 14.2. The predicted octanol–water partition coefficient (Wildman–Crippen LogP) is 2.77. The number of piperidine rings is 1. The van der Waals surface area contributed by atoms with Gasteiger partial charge in [0.05, 0.1) is 4.90 Å². The third-order valence-electron chi connectivity index (χ3n) is 5.80. The third-order valence-corrected chi connectivity index (χ3v) is 7.36. The summed E-state index contributed by atoms with van der Waals surface area (Å²) >= 11 is 0. The fraction of sp³-hybridized carbons (Fsp3) is 0.409. The number of carbonyl (C=O) groups excluding carboxylic acids is 1. The van der Waals surface area contributed by atoms with Gasteiger partial charge in [-0.2, -0.15) is 0 Å². The molecular formula is C22H29N3O3S. The van der Waals surface area contributed by atoms with E-state index in [0.29, 0.717) is 17.0 Å². The van der Waals surface area contributed by atoms with Crippen LogP contribution in [0.2, 0.25) is 0 Å². The van der Waals surface area contributed by atoms with E-state index >= 15 is 0 Å². The second kappa shape index (κ2) is 8.65. The predicted molar refractivity (Wildman–Crippen MR) is 115 cm³/mol. The van der Waals surface area contributed by atoms with E-state index in [-0.39, 0.29) is 10.9 Å². The Balaban J connectivity index is 1.83. The maximum Gasteiger partial charge on any atom is 0.249 e. The Bertz CT molecular complexity index is 996. The second-order valence-corrected chi connectivity index (χ2v) is 9.65. The van der Waals surface area contributed by atoms with E-state index in [1.165, 1.54) is 0 Å². The van der Waals surface area contributed by atoms with Crippen LogP contribution in [0.4, 0.5) is 0 Å². The van der Waals surface area contributed by atoms with Gasteiger partial charge in [0.15, 0.2) is 0 Å². The fourth-order valence-corrected chi connectivity index (χ4v) is 5.37. The molecule has 0 bridgehead atoms. The normalized spacial score (nSPS) is 17.2. The van der Waals surface area contributed by atoms with E-state index in [9.17, 15) is 13.2 Å². The van der Waals surface area contributed by atoms with Crippen LogP contribution >= 0.6 is 0 Å². The van der Waals surface area contributed by atoms with Crippen molar-refractivity contribution in [2.75, 3.05) is 20.1 Å². The molecule has 1 fully saturated rings. The standard InChI is InChI=1S/C22H29N3O3S/c1-15-14-18(8-9-19(15)20-6-4-5-7-21(20)22(23)26)29(27,28)24-16(2)17-10-12-25(3)13-11-17/h4-9,14,16-17,24H,10-13H2,1-3H3,(H2,23,26). The van der Waals surface area contributed by atoms with Crippen LogP contribution in [-0.2, 0) is 10.0 Å². The van der Waals surface area contributed by atoms with Gasteiger partial charge in [0, 0.05) is 11.6 Å². The van der Waals surface area contributed by atoms with Crippen LogP contribution in [0, 0.1) is 12.8 Å². The molecule has 3 N–H and O–H groups in total. The fourth-order valence-electron chi connectivity index (χ4n) is 3.98. The lowest BCUT2D eigenvalue weighted by atomic mass is 9.91. The van der Waals surface area contributed by atoms with Gasteiger partial charge in [0.1, 0.15) is 0 Å². The number of likely N-dealkylation sites (tertiary alicyclic amines) is 1. The molecule has 0 saturated carbocycles. The minimum absolute atomic E-state index is 0.121. The van der Waals surface area contributed by atoms with Gasteiger partial charge in [0.2, 0.25) is 15.9 Å². The lowest BCUT2D eigenvalue weighted by molar-refractivity contribution is 0.100. The van der Waals surface area contributed by atoms with Crippen molar-refractivity contribution in [2.45, 2.75) is 37.6 Å². The molecule has 1 atom stereocenters. The first kappa shape index (κ1) is 21.5. The van der Waals surface area contributed by atoms with Gasteiger partial charge >= 0.3 is 0 Å². The highest BCUT2D eigenvalue weighted by atomic mass is 32.2. The largest absolute Gasteiger partial charge is 0.366 e. The zero-order chi connectivity index (χ0) is 21.2. The number of carbonyl (C=O) groups is 1. The van der Waals surface area contributed by atoms with Gasteiger partial charge < -0.3 is 10.6 Å². The zero-order valence-corrected chi connectivity index (χ0v) is 18.0. The first-order chi connectivity index (χ1) is 13.7. The number of hydrogen-bond donors (Lipinski definition) is 2. The number of nitrogens with zero attached hydrogens (tertiary/aromatic N) is 1. The third kappa shape index (κ3) is 4.86. The molecule has 2 aromatic rings. The number of aryl methyl sites for hydroxylation is 1. The summed E-state index contributed by atoms with van der Waals surface area (Å²) in [6.07, 6.45) is 1.98. The second-order valence-electron chi connectivity index (χ2n) is 7.94. The van der Waals surface area contributed by atoms with Crippen molar-refractivity contribution < 1.29 is 13.2 Å². The molecule has 1 amide bonds. The summed E-state index contributed by atoms with van der Waals surface area (Å²) in [5.41, 5.74) is 8.17. The molecule has 1 unspecified atom stereocenters. The molecule has 6 nitrogen and oxygen atoms in total. The van der Waals surface area contributed by atoms with E-state index in [1.54, 1.807) is 30.3 Å². The number of sulfonamides is 1. The Hall–Kier alpha value is -2.22. The molecule has 156 valence electrons. The van der Waals surface area contributed by atoms with E-state index in [0.717, 1.165) is 37.1 Å². The molecule has 1 aliphatic rings. The van der Waals surface area contributed by atoms with Crippen LogP contribution in [0.3, 0.4) is 0 Å². The van der Waals surface area contributed by atoms with Crippen molar-refractivity contribution in [3.63, 3.8) is 0 Å². The van der Waals surface area contributed by atoms with Crippen LogP contribution in [0.25, 0.3) is 11.1 Å². The average molecular weight is 416 g/mol. The van der Waals surface area contributed by atoms with E-state index < -0.39 is 15.9 Å². The van der Waals surface area contributed by atoms with Crippen LogP contribution in [0.1, 0.15) is 35.7 Å². The maximum atomic E-state index is 12.9.